The van der Waals surface area contributed by atoms with Gasteiger partial charge in [-0.05, 0) is 24.6 Å². The van der Waals surface area contributed by atoms with Crippen LogP contribution in [0, 0.1) is 12.3 Å². The highest BCUT2D eigenvalue weighted by Gasteiger charge is 2.08. The van der Waals surface area contributed by atoms with Gasteiger partial charge in [-0.3, -0.25) is 0 Å². The lowest BCUT2D eigenvalue weighted by molar-refractivity contribution is 0.198. The number of benzene rings is 1. The van der Waals surface area contributed by atoms with E-state index >= 15 is 0 Å². The number of hydrogen-bond acceptors (Lipinski definition) is 2. The second-order valence-electron chi connectivity index (χ2n) is 3.44. The molecule has 1 aromatic carbocycles. The lowest BCUT2D eigenvalue weighted by atomic mass is 10.1. The molecular weight excluding hydrogens is 254 g/mol. The van der Waals surface area contributed by atoms with Crippen LogP contribution in [0.2, 0.25) is 0 Å². The van der Waals surface area contributed by atoms with Crippen LogP contribution in [0.5, 0.6) is 0 Å². The van der Waals surface area contributed by atoms with Crippen molar-refractivity contribution in [3.63, 3.8) is 0 Å². The molecule has 15 heavy (non-hydrogen) atoms. The lowest BCUT2D eigenvalue weighted by Gasteiger charge is -2.18. The predicted molar refractivity (Wildman–Crippen MR) is 66.9 cm³/mol. The average molecular weight is 268 g/mol. The normalized spacial score (nSPS) is 11.9. The van der Waals surface area contributed by atoms with Gasteiger partial charge in [0.2, 0.25) is 0 Å². The number of hydrogen-bond donors (Lipinski definition) is 1. The highest BCUT2D eigenvalue weighted by Crippen LogP contribution is 2.27. The third kappa shape index (κ3) is 2.98. The van der Waals surface area contributed by atoms with Gasteiger partial charge >= 0.3 is 0 Å². The largest absolute Gasteiger partial charge is 0.389 e. The fraction of sp³-hybridized carbons (Fsp3) is 0.333. The molecule has 0 fully saturated rings. The van der Waals surface area contributed by atoms with E-state index in [1.165, 1.54) is 0 Å². The van der Waals surface area contributed by atoms with E-state index in [1.807, 2.05) is 30.1 Å². The Bertz CT molecular complexity index is 382. The summed E-state index contributed by atoms with van der Waals surface area (Å²) in [5.74, 6) is 2.58. The summed E-state index contributed by atoms with van der Waals surface area (Å²) >= 11 is 3.43. The number of halogens is 1. The molecule has 1 rings (SSSR count). The van der Waals surface area contributed by atoms with E-state index in [-0.39, 0.29) is 0 Å². The van der Waals surface area contributed by atoms with Gasteiger partial charge < -0.3 is 10.0 Å². The topological polar surface area (TPSA) is 23.5 Å². The molecule has 0 aliphatic heterocycles. The Labute approximate surface area is 99.0 Å². The number of nitrogens with zero attached hydrogens (tertiary/aromatic N) is 1. The van der Waals surface area contributed by atoms with Crippen molar-refractivity contribution in [1.82, 2.24) is 0 Å². The Hall–Kier alpha value is -0.980. The van der Waals surface area contributed by atoms with Gasteiger partial charge in [-0.1, -0.05) is 27.9 Å². The third-order valence-corrected chi connectivity index (χ3v) is 2.89. The first-order valence-electron chi connectivity index (χ1n) is 4.68. The molecule has 0 aliphatic carbocycles. The third-order valence-electron chi connectivity index (χ3n) is 2.20. The number of terminal acetylenes is 1. The quantitative estimate of drug-likeness (QED) is 0.852. The van der Waals surface area contributed by atoms with Crippen molar-refractivity contribution in [2.45, 2.75) is 13.0 Å². The van der Waals surface area contributed by atoms with Crippen LogP contribution in [0.1, 0.15) is 18.6 Å². The monoisotopic (exact) mass is 267 g/mol. The van der Waals surface area contributed by atoms with Crippen molar-refractivity contribution in [3.8, 4) is 12.3 Å². The van der Waals surface area contributed by atoms with Crippen molar-refractivity contribution in [3.05, 3.63) is 28.2 Å². The van der Waals surface area contributed by atoms with E-state index in [0.717, 1.165) is 15.7 Å². The van der Waals surface area contributed by atoms with Gasteiger partial charge in [0.1, 0.15) is 0 Å². The van der Waals surface area contributed by atoms with Crippen LogP contribution in [-0.4, -0.2) is 18.7 Å². The Kier molecular flexibility index (Phi) is 4.19. The highest BCUT2D eigenvalue weighted by molar-refractivity contribution is 9.10. The minimum atomic E-state index is -0.466. The molecule has 2 nitrogen and oxygen atoms in total. The summed E-state index contributed by atoms with van der Waals surface area (Å²) in [6, 6.07) is 5.81. The van der Waals surface area contributed by atoms with Crippen LogP contribution in [-0.2, 0) is 0 Å². The van der Waals surface area contributed by atoms with Crippen LogP contribution in [0.4, 0.5) is 5.69 Å². The number of rotatable bonds is 3. The number of anilines is 1. The van der Waals surface area contributed by atoms with Gasteiger partial charge in [0.25, 0.3) is 0 Å². The minimum absolute atomic E-state index is 0.466. The van der Waals surface area contributed by atoms with Crippen LogP contribution in [0.25, 0.3) is 0 Å². The summed E-state index contributed by atoms with van der Waals surface area (Å²) in [5, 5.41) is 9.46. The molecule has 0 radical (unpaired) electrons. The van der Waals surface area contributed by atoms with E-state index in [4.69, 9.17) is 6.42 Å². The van der Waals surface area contributed by atoms with E-state index in [0.29, 0.717) is 6.54 Å². The Balaban J connectivity index is 2.97. The maximum Gasteiger partial charge on any atom is 0.0788 e. The Morgan fingerprint density at radius 1 is 1.60 bits per heavy atom. The Morgan fingerprint density at radius 2 is 2.27 bits per heavy atom. The maximum atomic E-state index is 9.46. The molecule has 0 heterocycles. The van der Waals surface area contributed by atoms with E-state index in [9.17, 15) is 5.11 Å². The summed E-state index contributed by atoms with van der Waals surface area (Å²) in [7, 11) is 1.93. The molecule has 0 bridgehead atoms. The molecule has 0 spiro atoms. The van der Waals surface area contributed by atoms with Gasteiger partial charge in [-0.2, -0.15) is 0 Å². The molecule has 1 N–H and O–H groups in total. The first-order chi connectivity index (χ1) is 7.06. The summed E-state index contributed by atoms with van der Waals surface area (Å²) in [5.41, 5.74) is 1.91. The molecule has 0 saturated carbocycles. The van der Waals surface area contributed by atoms with Crippen LogP contribution in [0.3, 0.4) is 0 Å². The maximum absolute atomic E-state index is 9.46. The van der Waals surface area contributed by atoms with Crippen molar-refractivity contribution in [1.29, 1.82) is 0 Å². The fourth-order valence-electron chi connectivity index (χ4n) is 1.32. The molecule has 0 amide bonds. The molecule has 1 aromatic rings. The first-order valence-corrected chi connectivity index (χ1v) is 5.47. The van der Waals surface area contributed by atoms with Crippen molar-refractivity contribution in [2.24, 2.45) is 0 Å². The molecule has 3 heteroatoms. The summed E-state index contributed by atoms with van der Waals surface area (Å²) < 4.78 is 0.902. The van der Waals surface area contributed by atoms with E-state index < -0.39 is 6.10 Å². The number of aliphatic hydroxyl groups excluding tert-OH is 1. The predicted octanol–water partition coefficient (Wildman–Crippen LogP) is 2.57. The molecular formula is C12H14BrNO. The minimum Gasteiger partial charge on any atom is -0.389 e. The van der Waals surface area contributed by atoms with Gasteiger partial charge in [0, 0.05) is 17.2 Å². The lowest BCUT2D eigenvalue weighted by Crippen LogP contribution is -2.16. The van der Waals surface area contributed by atoms with Crippen LogP contribution < -0.4 is 4.90 Å². The Morgan fingerprint density at radius 3 is 2.73 bits per heavy atom. The van der Waals surface area contributed by atoms with Crippen molar-refractivity contribution in [2.75, 3.05) is 18.5 Å². The molecule has 0 aromatic heterocycles. The summed E-state index contributed by atoms with van der Waals surface area (Å²) in [4.78, 5) is 1.97. The van der Waals surface area contributed by atoms with Gasteiger partial charge in [0.05, 0.1) is 12.6 Å². The standard InChI is InChI=1S/C12H14BrNO/c1-4-7-14(3)10-5-6-11(9(2)15)12(13)8-10/h1,5-6,8-9,15H,7H2,2-3H3. The van der Waals surface area contributed by atoms with Crippen molar-refractivity contribution < 1.29 is 5.11 Å². The smallest absolute Gasteiger partial charge is 0.0788 e. The molecule has 0 aliphatic rings. The average Bonchev–Trinajstić information content (AvgIpc) is 2.17. The number of aliphatic hydroxyl groups is 1. The molecule has 0 saturated heterocycles. The SMILES string of the molecule is C#CCN(C)c1ccc(C(C)O)c(Br)c1. The molecule has 80 valence electrons. The first kappa shape index (κ1) is 12.1. The van der Waals surface area contributed by atoms with Gasteiger partial charge in [-0.15, -0.1) is 6.42 Å². The summed E-state index contributed by atoms with van der Waals surface area (Å²) in [6.07, 6.45) is 4.77. The van der Waals surface area contributed by atoms with Crippen LogP contribution in [0.15, 0.2) is 22.7 Å². The molecule has 1 atom stereocenters. The van der Waals surface area contributed by atoms with E-state index in [1.54, 1.807) is 6.92 Å². The zero-order valence-electron chi connectivity index (χ0n) is 8.87. The van der Waals surface area contributed by atoms with Crippen LogP contribution >= 0.6 is 15.9 Å². The fourth-order valence-corrected chi connectivity index (χ4v) is 2.02. The van der Waals surface area contributed by atoms with Gasteiger partial charge in [0.15, 0.2) is 0 Å². The summed E-state index contributed by atoms with van der Waals surface area (Å²) in [6.45, 7) is 2.31. The zero-order valence-corrected chi connectivity index (χ0v) is 10.5. The highest BCUT2D eigenvalue weighted by atomic mass is 79.9. The second kappa shape index (κ2) is 5.20. The molecule has 1 unspecified atom stereocenters. The zero-order chi connectivity index (χ0) is 11.4. The van der Waals surface area contributed by atoms with E-state index in [2.05, 4.69) is 21.9 Å². The second-order valence-corrected chi connectivity index (χ2v) is 4.30. The van der Waals surface area contributed by atoms with Gasteiger partial charge in [-0.25, -0.2) is 0 Å². The van der Waals surface area contributed by atoms with Crippen molar-refractivity contribution >= 4 is 21.6 Å².